The number of amides is 3. The molecule has 154 valence electrons. The summed E-state index contributed by atoms with van der Waals surface area (Å²) in [6.45, 7) is 1.46. The number of nitrogens with zero attached hydrogens (tertiary/aromatic N) is 1. The smallest absolute Gasteiger partial charge is 0.338 e. The number of hydrogen-bond acceptors (Lipinski definition) is 6. The third kappa shape index (κ3) is 5.07. The zero-order valence-corrected chi connectivity index (χ0v) is 16.2. The van der Waals surface area contributed by atoms with Crippen molar-refractivity contribution in [1.29, 1.82) is 0 Å². The van der Waals surface area contributed by atoms with E-state index in [0.717, 1.165) is 0 Å². The molecule has 1 heterocycles. The fourth-order valence-electron chi connectivity index (χ4n) is 2.85. The van der Waals surface area contributed by atoms with Crippen molar-refractivity contribution < 1.29 is 19.1 Å². The Morgan fingerprint density at radius 1 is 1.07 bits per heavy atom. The minimum atomic E-state index is -0.743. The van der Waals surface area contributed by atoms with Crippen molar-refractivity contribution in [3.05, 3.63) is 75.8 Å². The molecule has 9 nitrogen and oxygen atoms in total. The average molecular weight is 408 g/mol. The fraction of sp³-hybridized carbons (Fsp3) is 0.190. The van der Waals surface area contributed by atoms with Gasteiger partial charge < -0.3 is 15.0 Å². The second-order valence-electron chi connectivity index (χ2n) is 6.35. The van der Waals surface area contributed by atoms with E-state index in [9.17, 15) is 19.2 Å². The van der Waals surface area contributed by atoms with Crippen LogP contribution in [0.5, 0.6) is 0 Å². The third-order valence-electron chi connectivity index (χ3n) is 4.18. The maximum Gasteiger partial charge on any atom is 0.338 e. The van der Waals surface area contributed by atoms with Crippen LogP contribution in [0.3, 0.4) is 0 Å². The molecule has 3 rings (SSSR count). The Hall–Kier alpha value is -4.01. The first-order chi connectivity index (χ1) is 14.5. The Labute approximate surface area is 171 Å². The summed E-state index contributed by atoms with van der Waals surface area (Å²) in [6.07, 6.45) is 0.191. The summed E-state index contributed by atoms with van der Waals surface area (Å²) in [4.78, 5) is 54.9. The summed E-state index contributed by atoms with van der Waals surface area (Å²) in [5.74, 6) is -1.07. The van der Waals surface area contributed by atoms with E-state index in [1.165, 1.54) is 0 Å². The standard InChI is InChI=1S/C21H20N4O5/c1-2-22-21(29)25-18(26)12-30-20(28)14-8-4-3-7-13(14)11-17-23-16-10-6-5-9-15(16)19(27)24-17/h3-10H,2,11-12H2,1H3,(H,23,24,27)(H2,22,25,26,29). The van der Waals surface area contributed by atoms with E-state index >= 15 is 0 Å². The highest BCUT2D eigenvalue weighted by atomic mass is 16.5. The molecule has 0 aliphatic carbocycles. The maximum atomic E-state index is 12.5. The molecule has 30 heavy (non-hydrogen) atoms. The molecule has 0 fully saturated rings. The van der Waals surface area contributed by atoms with Gasteiger partial charge in [-0.05, 0) is 30.7 Å². The first-order valence-electron chi connectivity index (χ1n) is 9.28. The van der Waals surface area contributed by atoms with Crippen LogP contribution in [0.25, 0.3) is 10.9 Å². The Morgan fingerprint density at radius 2 is 1.80 bits per heavy atom. The zero-order chi connectivity index (χ0) is 21.5. The van der Waals surface area contributed by atoms with Crippen LogP contribution in [0.4, 0.5) is 4.79 Å². The third-order valence-corrected chi connectivity index (χ3v) is 4.18. The van der Waals surface area contributed by atoms with Crippen LogP contribution in [0, 0.1) is 0 Å². The summed E-state index contributed by atoms with van der Waals surface area (Å²) in [7, 11) is 0. The molecule has 2 aromatic carbocycles. The molecule has 3 N–H and O–H groups in total. The van der Waals surface area contributed by atoms with Gasteiger partial charge in [-0.25, -0.2) is 14.6 Å². The summed E-state index contributed by atoms with van der Waals surface area (Å²) in [5, 5.41) is 4.93. The lowest BCUT2D eigenvalue weighted by Gasteiger charge is -2.10. The number of H-pyrrole nitrogens is 1. The van der Waals surface area contributed by atoms with E-state index in [1.54, 1.807) is 55.5 Å². The summed E-state index contributed by atoms with van der Waals surface area (Å²) in [5.41, 5.74) is 1.10. The molecule has 0 saturated carbocycles. The fourth-order valence-corrected chi connectivity index (χ4v) is 2.85. The molecule has 0 bridgehead atoms. The molecule has 0 atom stereocenters. The number of aromatic amines is 1. The van der Waals surface area contributed by atoms with Gasteiger partial charge in [-0.15, -0.1) is 0 Å². The van der Waals surface area contributed by atoms with E-state index < -0.39 is 24.5 Å². The van der Waals surface area contributed by atoms with Gasteiger partial charge in [-0.2, -0.15) is 0 Å². The van der Waals surface area contributed by atoms with Crippen molar-refractivity contribution in [2.45, 2.75) is 13.3 Å². The summed E-state index contributed by atoms with van der Waals surface area (Å²) in [6, 6.07) is 13.0. The molecule has 0 unspecified atom stereocenters. The highest BCUT2D eigenvalue weighted by Crippen LogP contribution is 2.15. The number of hydrogen-bond donors (Lipinski definition) is 3. The lowest BCUT2D eigenvalue weighted by Crippen LogP contribution is -2.41. The molecule has 0 spiro atoms. The molecule has 3 amide bonds. The molecular weight excluding hydrogens is 388 g/mol. The topological polar surface area (TPSA) is 130 Å². The van der Waals surface area contributed by atoms with Crippen LogP contribution < -0.4 is 16.2 Å². The zero-order valence-electron chi connectivity index (χ0n) is 16.2. The van der Waals surface area contributed by atoms with Gasteiger partial charge in [0.2, 0.25) is 0 Å². The lowest BCUT2D eigenvalue weighted by molar-refractivity contribution is -0.123. The van der Waals surface area contributed by atoms with Crippen molar-refractivity contribution in [1.82, 2.24) is 20.6 Å². The van der Waals surface area contributed by atoms with Gasteiger partial charge in [0.25, 0.3) is 11.5 Å². The van der Waals surface area contributed by atoms with E-state index in [1.807, 2.05) is 5.32 Å². The number of aromatic nitrogens is 2. The van der Waals surface area contributed by atoms with Gasteiger partial charge in [0.05, 0.1) is 16.5 Å². The van der Waals surface area contributed by atoms with E-state index in [0.29, 0.717) is 28.8 Å². The minimum Gasteiger partial charge on any atom is -0.452 e. The number of imide groups is 1. The predicted octanol–water partition coefficient (Wildman–Crippen LogP) is 1.52. The molecule has 0 radical (unpaired) electrons. The van der Waals surface area contributed by atoms with Gasteiger partial charge in [0.15, 0.2) is 6.61 Å². The number of para-hydroxylation sites is 1. The van der Waals surface area contributed by atoms with E-state index in [4.69, 9.17) is 4.74 Å². The van der Waals surface area contributed by atoms with Crippen LogP contribution >= 0.6 is 0 Å². The van der Waals surface area contributed by atoms with Crippen LogP contribution in [0.1, 0.15) is 28.7 Å². The Kier molecular flexibility index (Phi) is 6.53. The van der Waals surface area contributed by atoms with Gasteiger partial charge in [0.1, 0.15) is 5.82 Å². The lowest BCUT2D eigenvalue weighted by atomic mass is 10.0. The van der Waals surface area contributed by atoms with Crippen LogP contribution in [0.2, 0.25) is 0 Å². The number of carbonyl (C=O) groups is 3. The molecule has 0 aliphatic rings. The first-order valence-corrected chi connectivity index (χ1v) is 9.28. The largest absolute Gasteiger partial charge is 0.452 e. The molecular formula is C21H20N4O5. The van der Waals surface area contributed by atoms with Crippen molar-refractivity contribution >= 4 is 28.8 Å². The number of benzene rings is 2. The Bertz CT molecular complexity index is 1160. The number of ether oxygens (including phenoxy) is 1. The first kappa shape index (κ1) is 20.7. The predicted molar refractivity (Wildman–Crippen MR) is 109 cm³/mol. The second-order valence-corrected chi connectivity index (χ2v) is 6.35. The number of fused-ring (bicyclic) bond motifs is 1. The Morgan fingerprint density at radius 3 is 2.60 bits per heavy atom. The minimum absolute atomic E-state index is 0.191. The quantitative estimate of drug-likeness (QED) is 0.530. The van der Waals surface area contributed by atoms with Crippen molar-refractivity contribution in [2.75, 3.05) is 13.2 Å². The van der Waals surface area contributed by atoms with Crippen molar-refractivity contribution in [2.24, 2.45) is 0 Å². The van der Waals surface area contributed by atoms with Crippen molar-refractivity contribution in [3.8, 4) is 0 Å². The second kappa shape index (κ2) is 9.46. The number of carbonyl (C=O) groups excluding carboxylic acids is 3. The van der Waals surface area contributed by atoms with Crippen LogP contribution in [-0.2, 0) is 16.0 Å². The molecule has 0 aliphatic heterocycles. The monoisotopic (exact) mass is 408 g/mol. The average Bonchev–Trinajstić information content (AvgIpc) is 2.72. The summed E-state index contributed by atoms with van der Waals surface area (Å²) < 4.78 is 5.02. The molecule has 9 heteroatoms. The highest BCUT2D eigenvalue weighted by molar-refractivity contribution is 5.97. The van der Waals surface area contributed by atoms with Crippen LogP contribution in [0.15, 0.2) is 53.3 Å². The number of esters is 1. The number of nitrogens with one attached hydrogen (secondary N) is 3. The van der Waals surface area contributed by atoms with Gasteiger partial charge in [-0.3, -0.25) is 14.9 Å². The Balaban J connectivity index is 1.73. The van der Waals surface area contributed by atoms with Gasteiger partial charge in [0, 0.05) is 13.0 Å². The summed E-state index contributed by atoms with van der Waals surface area (Å²) >= 11 is 0. The van der Waals surface area contributed by atoms with Crippen LogP contribution in [-0.4, -0.2) is 41.0 Å². The van der Waals surface area contributed by atoms with Gasteiger partial charge in [-0.1, -0.05) is 30.3 Å². The van der Waals surface area contributed by atoms with Gasteiger partial charge >= 0.3 is 12.0 Å². The molecule has 0 saturated heterocycles. The molecule has 3 aromatic rings. The number of rotatable bonds is 6. The van der Waals surface area contributed by atoms with Crippen molar-refractivity contribution in [3.63, 3.8) is 0 Å². The maximum absolute atomic E-state index is 12.5. The number of urea groups is 1. The SMILES string of the molecule is CCNC(=O)NC(=O)COC(=O)c1ccccc1Cc1nc2ccccc2c(=O)[nH]1. The van der Waals surface area contributed by atoms with E-state index in [2.05, 4.69) is 15.3 Å². The van der Waals surface area contributed by atoms with E-state index in [-0.39, 0.29) is 17.5 Å². The molecule has 1 aromatic heterocycles. The normalized spacial score (nSPS) is 10.4. The highest BCUT2D eigenvalue weighted by Gasteiger charge is 2.16.